The molecule has 1 unspecified atom stereocenters. The summed E-state index contributed by atoms with van der Waals surface area (Å²) in [5.74, 6) is 1.50. The van der Waals surface area contributed by atoms with Crippen molar-refractivity contribution in [2.24, 2.45) is 5.73 Å². The molecule has 0 fully saturated rings. The summed E-state index contributed by atoms with van der Waals surface area (Å²) in [4.78, 5) is 0. The fraction of sp³-hybridized carbons (Fsp3) is 0.143. The number of nitrogens with one attached hydrogen (secondary N) is 1. The van der Waals surface area contributed by atoms with Gasteiger partial charge in [0.15, 0.2) is 0 Å². The van der Waals surface area contributed by atoms with E-state index in [4.69, 9.17) is 19.9 Å². The molecule has 3 aromatic rings. The topological polar surface area (TPSA) is 106 Å². The first kappa shape index (κ1) is 17.5. The summed E-state index contributed by atoms with van der Waals surface area (Å²) in [6.07, 6.45) is 0. The van der Waals surface area contributed by atoms with Crippen LogP contribution < -0.4 is 19.9 Å². The Kier molecular flexibility index (Phi) is 4.38. The van der Waals surface area contributed by atoms with Gasteiger partial charge in [0, 0.05) is 5.56 Å². The zero-order chi connectivity index (χ0) is 19.7. The molecular formula is C21H18N4O3. The van der Waals surface area contributed by atoms with Gasteiger partial charge in [-0.2, -0.15) is 5.26 Å². The summed E-state index contributed by atoms with van der Waals surface area (Å²) in [6.45, 7) is 0. The van der Waals surface area contributed by atoms with E-state index in [2.05, 4.69) is 16.3 Å². The summed E-state index contributed by atoms with van der Waals surface area (Å²) in [5, 5.41) is 17.0. The van der Waals surface area contributed by atoms with Crippen LogP contribution in [0.4, 0.5) is 0 Å². The zero-order valence-electron chi connectivity index (χ0n) is 15.4. The highest BCUT2D eigenvalue weighted by Gasteiger charge is 2.35. The maximum atomic E-state index is 9.75. The highest BCUT2D eigenvalue weighted by atomic mass is 16.5. The van der Waals surface area contributed by atoms with Gasteiger partial charge in [0.1, 0.15) is 23.1 Å². The van der Waals surface area contributed by atoms with Crippen LogP contribution >= 0.6 is 0 Å². The highest BCUT2D eigenvalue weighted by molar-refractivity contribution is 5.71. The number of aromatic nitrogens is 2. The quantitative estimate of drug-likeness (QED) is 0.726. The average Bonchev–Trinajstić information content (AvgIpc) is 3.16. The number of benzene rings is 2. The van der Waals surface area contributed by atoms with Crippen molar-refractivity contribution in [2.75, 3.05) is 14.2 Å². The Hall–Kier alpha value is -3.92. The van der Waals surface area contributed by atoms with E-state index in [1.54, 1.807) is 14.2 Å². The van der Waals surface area contributed by atoms with E-state index in [9.17, 15) is 5.26 Å². The highest BCUT2D eigenvalue weighted by Crippen LogP contribution is 2.45. The zero-order valence-corrected chi connectivity index (χ0v) is 15.4. The minimum absolute atomic E-state index is 0.0589. The number of nitriles is 1. The van der Waals surface area contributed by atoms with Crippen LogP contribution in [0, 0.1) is 11.3 Å². The Bertz CT molecular complexity index is 1080. The molecule has 0 aliphatic carbocycles. The molecule has 0 bridgehead atoms. The van der Waals surface area contributed by atoms with Crippen LogP contribution in [0.1, 0.15) is 17.0 Å². The predicted molar refractivity (Wildman–Crippen MR) is 103 cm³/mol. The molecule has 7 nitrogen and oxygen atoms in total. The van der Waals surface area contributed by atoms with Crippen LogP contribution in [0.2, 0.25) is 0 Å². The molecule has 0 radical (unpaired) electrons. The van der Waals surface area contributed by atoms with Crippen LogP contribution in [-0.4, -0.2) is 24.4 Å². The Labute approximate surface area is 162 Å². The lowest BCUT2D eigenvalue weighted by molar-refractivity contribution is 0.379. The molecule has 0 amide bonds. The van der Waals surface area contributed by atoms with E-state index in [0.29, 0.717) is 11.5 Å². The van der Waals surface area contributed by atoms with Crippen molar-refractivity contribution in [1.29, 1.82) is 5.26 Å². The molecule has 3 N–H and O–H groups in total. The number of hydrogen-bond acceptors (Lipinski definition) is 6. The molecule has 2 heterocycles. The lowest BCUT2D eigenvalue weighted by Gasteiger charge is -2.24. The first-order valence-corrected chi connectivity index (χ1v) is 8.60. The maximum Gasteiger partial charge on any atom is 0.244 e. The van der Waals surface area contributed by atoms with E-state index < -0.39 is 5.92 Å². The second-order valence-electron chi connectivity index (χ2n) is 6.24. The van der Waals surface area contributed by atoms with E-state index in [1.165, 1.54) is 0 Å². The fourth-order valence-corrected chi connectivity index (χ4v) is 3.35. The van der Waals surface area contributed by atoms with Crippen LogP contribution in [0.3, 0.4) is 0 Å². The summed E-state index contributed by atoms with van der Waals surface area (Å²) in [5.41, 5.74) is 9.67. The van der Waals surface area contributed by atoms with Crippen molar-refractivity contribution in [3.63, 3.8) is 0 Å². The minimum Gasteiger partial charge on any atom is -0.497 e. The number of H-pyrrole nitrogens is 1. The summed E-state index contributed by atoms with van der Waals surface area (Å²) in [7, 11) is 3.23. The fourth-order valence-electron chi connectivity index (χ4n) is 3.35. The Balaban J connectivity index is 1.88. The molecule has 1 aliphatic heterocycles. The summed E-state index contributed by atoms with van der Waals surface area (Å²) in [6, 6.07) is 17.3. The Morgan fingerprint density at radius 3 is 2.21 bits per heavy atom. The number of methoxy groups -OCH3 is 2. The molecule has 1 aliphatic rings. The maximum absolute atomic E-state index is 9.75. The molecule has 1 aromatic heterocycles. The van der Waals surface area contributed by atoms with Gasteiger partial charge < -0.3 is 19.9 Å². The van der Waals surface area contributed by atoms with Gasteiger partial charge in [-0.3, -0.25) is 5.10 Å². The molecule has 0 saturated heterocycles. The standard InChI is InChI=1S/C21H18N4O3/c1-26-14-7-3-12(4-8-14)17-16(11-22)20(23)28-21-18(17)19(24-25-21)13-5-9-15(27-2)10-6-13/h3-10,17H,23H2,1-2H3,(H,24,25). The van der Waals surface area contributed by atoms with Crippen molar-refractivity contribution in [2.45, 2.75) is 5.92 Å². The van der Waals surface area contributed by atoms with Gasteiger partial charge in [0.2, 0.25) is 11.8 Å². The molecular weight excluding hydrogens is 356 g/mol. The third kappa shape index (κ3) is 2.81. The molecule has 4 rings (SSSR count). The molecule has 0 spiro atoms. The number of nitrogens with zero attached hydrogens (tertiary/aromatic N) is 2. The van der Waals surface area contributed by atoms with Crippen LogP contribution in [0.15, 0.2) is 60.0 Å². The largest absolute Gasteiger partial charge is 0.497 e. The number of allylic oxidation sites excluding steroid dienone is 1. The van der Waals surface area contributed by atoms with E-state index in [-0.39, 0.29) is 5.88 Å². The number of ether oxygens (including phenoxy) is 3. The van der Waals surface area contributed by atoms with Gasteiger partial charge in [-0.25, -0.2) is 0 Å². The average molecular weight is 374 g/mol. The third-order valence-electron chi connectivity index (χ3n) is 4.77. The van der Waals surface area contributed by atoms with Crippen molar-refractivity contribution in [1.82, 2.24) is 10.2 Å². The minimum atomic E-state index is -0.407. The summed E-state index contributed by atoms with van der Waals surface area (Å²) >= 11 is 0. The van der Waals surface area contributed by atoms with Gasteiger partial charge in [-0.15, -0.1) is 5.10 Å². The number of rotatable bonds is 4. The number of nitrogens with two attached hydrogens (primary N) is 1. The van der Waals surface area contributed by atoms with Crippen molar-refractivity contribution < 1.29 is 14.2 Å². The normalized spacial score (nSPS) is 15.4. The molecule has 2 aromatic carbocycles. The molecule has 0 saturated carbocycles. The smallest absolute Gasteiger partial charge is 0.244 e. The first-order valence-electron chi connectivity index (χ1n) is 8.60. The second kappa shape index (κ2) is 7.00. The lowest BCUT2D eigenvalue weighted by Crippen LogP contribution is -2.20. The molecule has 7 heteroatoms. The van der Waals surface area contributed by atoms with Gasteiger partial charge >= 0.3 is 0 Å². The Morgan fingerprint density at radius 2 is 1.64 bits per heavy atom. The van der Waals surface area contributed by atoms with Crippen LogP contribution in [0.25, 0.3) is 11.3 Å². The van der Waals surface area contributed by atoms with Gasteiger partial charge in [0.05, 0.1) is 31.4 Å². The number of fused-ring (bicyclic) bond motifs is 1. The lowest BCUT2D eigenvalue weighted by atomic mass is 9.83. The third-order valence-corrected chi connectivity index (χ3v) is 4.77. The van der Waals surface area contributed by atoms with Gasteiger partial charge in [-0.05, 0) is 42.0 Å². The number of aromatic amines is 1. The van der Waals surface area contributed by atoms with Crippen molar-refractivity contribution in [3.05, 3.63) is 71.1 Å². The molecule has 140 valence electrons. The number of hydrogen-bond donors (Lipinski definition) is 2. The second-order valence-corrected chi connectivity index (χ2v) is 6.24. The van der Waals surface area contributed by atoms with Crippen LogP contribution in [-0.2, 0) is 0 Å². The van der Waals surface area contributed by atoms with E-state index >= 15 is 0 Å². The van der Waals surface area contributed by atoms with Gasteiger partial charge in [-0.1, -0.05) is 12.1 Å². The summed E-state index contributed by atoms with van der Waals surface area (Å²) < 4.78 is 16.1. The monoisotopic (exact) mass is 374 g/mol. The van der Waals surface area contributed by atoms with Crippen molar-refractivity contribution in [3.8, 4) is 34.7 Å². The van der Waals surface area contributed by atoms with E-state index in [1.807, 2.05) is 48.5 Å². The predicted octanol–water partition coefficient (Wildman–Crippen LogP) is 3.31. The first-order chi connectivity index (χ1) is 13.7. The van der Waals surface area contributed by atoms with Crippen molar-refractivity contribution >= 4 is 0 Å². The molecule has 1 atom stereocenters. The molecule has 28 heavy (non-hydrogen) atoms. The van der Waals surface area contributed by atoms with Gasteiger partial charge in [0.25, 0.3) is 0 Å². The Morgan fingerprint density at radius 1 is 1.04 bits per heavy atom. The van der Waals surface area contributed by atoms with E-state index in [0.717, 1.165) is 33.9 Å². The SMILES string of the molecule is COc1ccc(-c2[nH]nc3c2C(c2ccc(OC)cc2)C(C#N)=C(N)O3)cc1. The van der Waals surface area contributed by atoms with Crippen LogP contribution in [0.5, 0.6) is 17.4 Å².